The van der Waals surface area contributed by atoms with Crippen molar-refractivity contribution in [1.29, 1.82) is 0 Å². The Hall–Kier alpha value is -1.89. The standard InChI is InChI=1S/C9H13N3O4/c1-6(13)5-10-9(14)7-3-4-8(11(7)2)12(15)16/h3-4,6,13H,5H2,1-2H3,(H,10,14). The van der Waals surface area contributed by atoms with Crippen molar-refractivity contribution in [2.45, 2.75) is 13.0 Å². The Balaban J connectivity index is 2.81. The highest BCUT2D eigenvalue weighted by molar-refractivity contribution is 5.93. The Labute approximate surface area is 91.8 Å². The number of hydrogen-bond donors (Lipinski definition) is 2. The second kappa shape index (κ2) is 4.75. The van der Waals surface area contributed by atoms with E-state index in [1.165, 1.54) is 30.7 Å². The number of nitrogens with one attached hydrogen (secondary N) is 1. The summed E-state index contributed by atoms with van der Waals surface area (Å²) in [5.74, 6) is -0.598. The summed E-state index contributed by atoms with van der Waals surface area (Å²) in [5, 5.41) is 22.0. The second-order valence-electron chi connectivity index (χ2n) is 3.45. The molecule has 0 saturated carbocycles. The molecule has 0 radical (unpaired) electrons. The lowest BCUT2D eigenvalue weighted by molar-refractivity contribution is -0.391. The van der Waals surface area contributed by atoms with Gasteiger partial charge in [-0.05, 0) is 17.9 Å². The van der Waals surface area contributed by atoms with Crippen molar-refractivity contribution in [3.63, 3.8) is 0 Å². The molecule has 1 rings (SSSR count). The molecular weight excluding hydrogens is 214 g/mol. The molecule has 7 heteroatoms. The van der Waals surface area contributed by atoms with Gasteiger partial charge >= 0.3 is 5.82 Å². The summed E-state index contributed by atoms with van der Waals surface area (Å²) in [4.78, 5) is 21.5. The molecule has 0 spiro atoms. The summed E-state index contributed by atoms with van der Waals surface area (Å²) < 4.78 is 1.19. The molecule has 16 heavy (non-hydrogen) atoms. The van der Waals surface area contributed by atoms with Crippen molar-refractivity contribution in [1.82, 2.24) is 9.88 Å². The van der Waals surface area contributed by atoms with Crippen molar-refractivity contribution >= 4 is 11.7 Å². The summed E-state index contributed by atoms with van der Waals surface area (Å²) in [5.41, 5.74) is 0.187. The number of aromatic nitrogens is 1. The number of carbonyl (C=O) groups excluding carboxylic acids is 1. The van der Waals surface area contributed by atoms with Crippen molar-refractivity contribution in [2.75, 3.05) is 6.54 Å². The maximum absolute atomic E-state index is 11.5. The number of nitrogens with zero attached hydrogens (tertiary/aromatic N) is 2. The molecule has 7 nitrogen and oxygen atoms in total. The topological polar surface area (TPSA) is 97.4 Å². The summed E-state index contributed by atoms with van der Waals surface area (Å²) in [6.45, 7) is 1.64. The number of amides is 1. The SMILES string of the molecule is CC(O)CNC(=O)c1ccc([N+](=O)[O-])n1C. The summed E-state index contributed by atoms with van der Waals surface area (Å²) in [7, 11) is 1.44. The summed E-state index contributed by atoms with van der Waals surface area (Å²) >= 11 is 0. The van der Waals surface area contributed by atoms with Crippen LogP contribution in [0.4, 0.5) is 5.82 Å². The molecule has 0 aliphatic heterocycles. The fraction of sp³-hybridized carbons (Fsp3) is 0.444. The van der Waals surface area contributed by atoms with E-state index in [0.717, 1.165) is 0 Å². The number of aliphatic hydroxyl groups excluding tert-OH is 1. The van der Waals surface area contributed by atoms with Crippen LogP contribution in [0.25, 0.3) is 0 Å². The van der Waals surface area contributed by atoms with E-state index in [9.17, 15) is 14.9 Å². The third-order valence-corrected chi connectivity index (χ3v) is 2.07. The molecule has 0 aliphatic carbocycles. The first kappa shape index (κ1) is 12.2. The van der Waals surface area contributed by atoms with Gasteiger partial charge < -0.3 is 20.5 Å². The van der Waals surface area contributed by atoms with Gasteiger partial charge in [0, 0.05) is 12.6 Å². The first-order chi connectivity index (χ1) is 7.43. The van der Waals surface area contributed by atoms with Gasteiger partial charge in [0.2, 0.25) is 0 Å². The van der Waals surface area contributed by atoms with Crippen LogP contribution in [0, 0.1) is 10.1 Å². The largest absolute Gasteiger partial charge is 0.392 e. The zero-order valence-electron chi connectivity index (χ0n) is 9.01. The molecule has 0 fully saturated rings. The summed E-state index contributed by atoms with van der Waals surface area (Å²) in [6.07, 6.45) is -0.654. The number of carbonyl (C=O) groups is 1. The Morgan fingerprint density at radius 2 is 2.31 bits per heavy atom. The van der Waals surface area contributed by atoms with Gasteiger partial charge in [-0.2, -0.15) is 0 Å². The van der Waals surface area contributed by atoms with Gasteiger partial charge in [0.25, 0.3) is 5.91 Å². The Bertz CT molecular complexity index is 411. The third kappa shape index (κ3) is 2.57. The predicted molar refractivity (Wildman–Crippen MR) is 56.1 cm³/mol. The van der Waals surface area contributed by atoms with Crippen molar-refractivity contribution in [3.8, 4) is 0 Å². The van der Waals surface area contributed by atoms with Gasteiger partial charge in [0.15, 0.2) is 5.69 Å². The van der Waals surface area contributed by atoms with Crippen LogP contribution in [0.2, 0.25) is 0 Å². The highest BCUT2D eigenvalue weighted by Crippen LogP contribution is 2.14. The van der Waals surface area contributed by atoms with E-state index in [1.54, 1.807) is 0 Å². The average molecular weight is 227 g/mol. The monoisotopic (exact) mass is 227 g/mol. The van der Waals surface area contributed by atoms with Crippen LogP contribution in [0.3, 0.4) is 0 Å². The fourth-order valence-corrected chi connectivity index (χ4v) is 1.24. The van der Waals surface area contributed by atoms with E-state index >= 15 is 0 Å². The average Bonchev–Trinajstić information content (AvgIpc) is 2.56. The summed E-state index contributed by atoms with van der Waals surface area (Å²) in [6, 6.07) is 2.63. The van der Waals surface area contributed by atoms with E-state index in [2.05, 4.69) is 5.32 Å². The van der Waals surface area contributed by atoms with Gasteiger partial charge in [-0.25, -0.2) is 4.57 Å². The van der Waals surface area contributed by atoms with Gasteiger partial charge in [-0.15, -0.1) is 0 Å². The molecule has 2 N–H and O–H groups in total. The molecule has 0 aromatic carbocycles. The number of nitro groups is 1. The molecule has 1 atom stereocenters. The number of aliphatic hydroxyl groups is 1. The van der Waals surface area contributed by atoms with Crippen LogP contribution in [-0.2, 0) is 7.05 Å². The van der Waals surface area contributed by atoms with Gasteiger partial charge in [0.05, 0.1) is 13.2 Å². The molecule has 88 valence electrons. The highest BCUT2D eigenvalue weighted by Gasteiger charge is 2.20. The maximum atomic E-state index is 11.5. The molecule has 1 heterocycles. The van der Waals surface area contributed by atoms with Gasteiger partial charge in [-0.3, -0.25) is 4.79 Å². The predicted octanol–water partition coefficient (Wildman–Crippen LogP) is 0.0439. The zero-order chi connectivity index (χ0) is 12.3. The van der Waals surface area contributed by atoms with Crippen LogP contribution in [0.15, 0.2) is 12.1 Å². The minimum absolute atomic E-state index is 0.109. The van der Waals surface area contributed by atoms with E-state index < -0.39 is 16.9 Å². The second-order valence-corrected chi connectivity index (χ2v) is 3.45. The Morgan fingerprint density at radius 1 is 1.69 bits per heavy atom. The molecule has 1 unspecified atom stereocenters. The van der Waals surface area contributed by atoms with Crippen LogP contribution in [0.1, 0.15) is 17.4 Å². The van der Waals surface area contributed by atoms with E-state index in [1.807, 2.05) is 0 Å². The minimum atomic E-state index is -0.654. The van der Waals surface area contributed by atoms with Crippen molar-refractivity contribution in [3.05, 3.63) is 27.9 Å². The molecular formula is C9H13N3O4. The third-order valence-electron chi connectivity index (χ3n) is 2.07. The molecule has 0 aliphatic rings. The van der Waals surface area contributed by atoms with Crippen molar-refractivity contribution < 1.29 is 14.8 Å². The zero-order valence-corrected chi connectivity index (χ0v) is 9.01. The van der Waals surface area contributed by atoms with E-state index in [4.69, 9.17) is 5.11 Å². The van der Waals surface area contributed by atoms with Crippen LogP contribution in [-0.4, -0.2) is 33.2 Å². The molecule has 0 saturated heterocycles. The number of hydrogen-bond acceptors (Lipinski definition) is 4. The first-order valence-electron chi connectivity index (χ1n) is 4.70. The smallest absolute Gasteiger partial charge is 0.323 e. The molecule has 1 aromatic heterocycles. The van der Waals surface area contributed by atoms with Crippen LogP contribution < -0.4 is 5.32 Å². The molecule has 1 amide bonds. The lowest BCUT2D eigenvalue weighted by atomic mass is 10.3. The fourth-order valence-electron chi connectivity index (χ4n) is 1.24. The van der Waals surface area contributed by atoms with Crippen molar-refractivity contribution in [2.24, 2.45) is 7.05 Å². The normalized spacial score (nSPS) is 12.2. The number of rotatable bonds is 4. The minimum Gasteiger partial charge on any atom is -0.392 e. The van der Waals surface area contributed by atoms with E-state index in [0.29, 0.717) is 0 Å². The first-order valence-corrected chi connectivity index (χ1v) is 4.70. The van der Waals surface area contributed by atoms with Crippen LogP contribution in [0.5, 0.6) is 0 Å². The highest BCUT2D eigenvalue weighted by atomic mass is 16.6. The van der Waals surface area contributed by atoms with Crippen LogP contribution >= 0.6 is 0 Å². The van der Waals surface area contributed by atoms with E-state index in [-0.39, 0.29) is 18.1 Å². The Kier molecular flexibility index (Phi) is 3.62. The quantitative estimate of drug-likeness (QED) is 0.560. The molecule has 1 aromatic rings. The van der Waals surface area contributed by atoms with Gasteiger partial charge in [-0.1, -0.05) is 0 Å². The Morgan fingerprint density at radius 3 is 2.75 bits per heavy atom. The van der Waals surface area contributed by atoms with Gasteiger partial charge in [0.1, 0.15) is 0 Å². The lowest BCUT2D eigenvalue weighted by Crippen LogP contribution is -2.31. The lowest BCUT2D eigenvalue weighted by Gasteiger charge is -2.05. The maximum Gasteiger partial charge on any atom is 0.323 e. The molecule has 0 bridgehead atoms.